The molecule has 15 rings (SSSR count). The molecule has 0 amide bonds. The number of benzene rings is 7. The van der Waals surface area contributed by atoms with E-state index in [1.165, 1.54) is 160 Å². The summed E-state index contributed by atoms with van der Waals surface area (Å²) in [6.07, 6.45) is 14.4. The summed E-state index contributed by atoms with van der Waals surface area (Å²) in [5.74, 6) is 0.0842. The second-order valence-electron chi connectivity index (χ2n) is 27.3. The van der Waals surface area contributed by atoms with Crippen LogP contribution in [0.2, 0.25) is 0 Å². The van der Waals surface area contributed by atoms with E-state index in [1.807, 2.05) is 0 Å². The van der Waals surface area contributed by atoms with Gasteiger partial charge in [-0.25, -0.2) is 0 Å². The zero-order valence-electron chi connectivity index (χ0n) is 45.7. The molecule has 7 aromatic carbocycles. The van der Waals surface area contributed by atoms with E-state index in [0.717, 1.165) is 0 Å². The second-order valence-corrected chi connectivity index (χ2v) is 27.3. The molecule has 8 aliphatic rings. The summed E-state index contributed by atoms with van der Waals surface area (Å²) in [5.41, 5.74) is 33.3. The van der Waals surface area contributed by atoms with Crippen molar-refractivity contribution in [3.63, 3.8) is 0 Å². The van der Waals surface area contributed by atoms with Gasteiger partial charge in [-0.05, 0) is 184 Å². The van der Waals surface area contributed by atoms with Gasteiger partial charge < -0.3 is 9.71 Å². The smallest absolute Gasteiger partial charge is 0.333 e. The van der Waals surface area contributed by atoms with Crippen molar-refractivity contribution in [2.45, 2.75) is 147 Å². The number of hydrogen-bond donors (Lipinski definition) is 0. The molecule has 3 aliphatic heterocycles. The van der Waals surface area contributed by atoms with Crippen LogP contribution < -0.4 is 20.6 Å². The van der Waals surface area contributed by atoms with Crippen molar-refractivity contribution in [3.8, 4) is 33.4 Å². The molecule has 0 saturated carbocycles. The highest BCUT2D eigenvalue weighted by Gasteiger charge is 2.54. The first kappa shape index (κ1) is 44.9. The Labute approximate surface area is 441 Å². The van der Waals surface area contributed by atoms with Crippen LogP contribution in [-0.4, -0.2) is 6.85 Å². The Bertz CT molecular complexity index is 3810. The lowest BCUT2D eigenvalue weighted by Crippen LogP contribution is -2.62. The molecule has 0 radical (unpaired) electrons. The van der Waals surface area contributed by atoms with Gasteiger partial charge in [-0.15, -0.1) is 0 Å². The van der Waals surface area contributed by atoms with Crippen molar-refractivity contribution >= 4 is 51.8 Å². The van der Waals surface area contributed by atoms with Crippen molar-refractivity contribution in [2.75, 3.05) is 9.71 Å². The van der Waals surface area contributed by atoms with Gasteiger partial charge in [0.2, 0.25) is 0 Å². The molecule has 0 bridgehead atoms. The van der Waals surface area contributed by atoms with E-state index in [0.29, 0.717) is 0 Å². The fourth-order valence-corrected chi connectivity index (χ4v) is 16.0. The number of fused-ring (bicyclic) bond motifs is 13. The van der Waals surface area contributed by atoms with E-state index in [4.69, 9.17) is 0 Å². The van der Waals surface area contributed by atoms with Crippen molar-refractivity contribution in [1.82, 2.24) is 0 Å². The van der Waals surface area contributed by atoms with Gasteiger partial charge >= 0.3 is 6.85 Å². The van der Waals surface area contributed by atoms with Crippen molar-refractivity contribution in [1.29, 1.82) is 0 Å². The van der Waals surface area contributed by atoms with E-state index in [-0.39, 0.29) is 45.3 Å². The van der Waals surface area contributed by atoms with Crippen LogP contribution in [0.4, 0.5) is 28.4 Å². The molecule has 0 spiro atoms. The molecule has 0 N–H and O–H groups in total. The Balaban J connectivity index is 1.13. The van der Waals surface area contributed by atoms with Crippen LogP contribution in [0.5, 0.6) is 0 Å². The molecule has 366 valence electrons. The van der Waals surface area contributed by atoms with Gasteiger partial charge in [0, 0.05) is 44.9 Å². The molecular formula is C71H69BN2. The van der Waals surface area contributed by atoms with Crippen LogP contribution in [0.1, 0.15) is 165 Å². The molecular weight excluding hydrogens is 892 g/mol. The van der Waals surface area contributed by atoms with Gasteiger partial charge in [0.15, 0.2) is 0 Å². The third kappa shape index (κ3) is 5.64. The molecule has 7 aromatic rings. The summed E-state index contributed by atoms with van der Waals surface area (Å²) >= 11 is 0. The zero-order valence-corrected chi connectivity index (χ0v) is 45.7. The van der Waals surface area contributed by atoms with Gasteiger partial charge in [-0.3, -0.25) is 0 Å². The quantitative estimate of drug-likeness (QED) is 0.159. The highest BCUT2D eigenvalue weighted by molar-refractivity contribution is 6.93. The first-order valence-electron chi connectivity index (χ1n) is 27.9. The zero-order chi connectivity index (χ0) is 51.0. The average molecular weight is 961 g/mol. The Hall–Kier alpha value is -6.58. The maximum absolute atomic E-state index is 2.83. The van der Waals surface area contributed by atoms with E-state index in [1.54, 1.807) is 0 Å². The van der Waals surface area contributed by atoms with Crippen LogP contribution in [0.3, 0.4) is 0 Å². The van der Waals surface area contributed by atoms with Crippen molar-refractivity contribution in [2.24, 2.45) is 0 Å². The van der Waals surface area contributed by atoms with Crippen LogP contribution in [0.25, 0.3) is 39.0 Å². The first-order valence-corrected chi connectivity index (χ1v) is 27.9. The Morgan fingerprint density at radius 2 is 1.12 bits per heavy atom. The lowest BCUT2D eigenvalue weighted by molar-refractivity contribution is 0.331. The second kappa shape index (κ2) is 14.2. The van der Waals surface area contributed by atoms with E-state index in [2.05, 4.69) is 238 Å². The third-order valence-electron chi connectivity index (χ3n) is 20.6. The molecule has 0 aromatic heterocycles. The van der Waals surface area contributed by atoms with Gasteiger partial charge in [0.1, 0.15) is 0 Å². The van der Waals surface area contributed by atoms with Crippen LogP contribution in [-0.2, 0) is 32.5 Å². The predicted molar refractivity (Wildman–Crippen MR) is 315 cm³/mol. The highest BCUT2D eigenvalue weighted by atomic mass is 15.2. The normalized spacial score (nSPS) is 21.8. The van der Waals surface area contributed by atoms with Crippen LogP contribution in [0, 0.1) is 0 Å². The van der Waals surface area contributed by atoms with Gasteiger partial charge in [0.05, 0.1) is 11.4 Å². The summed E-state index contributed by atoms with van der Waals surface area (Å²) < 4.78 is 0. The minimum absolute atomic E-state index is 0.0298. The monoisotopic (exact) mass is 961 g/mol. The number of rotatable bonds is 2. The summed E-state index contributed by atoms with van der Waals surface area (Å²) in [6.45, 7) is 29.7. The average Bonchev–Trinajstić information content (AvgIpc) is 3.59. The molecule has 74 heavy (non-hydrogen) atoms. The van der Waals surface area contributed by atoms with E-state index in [9.17, 15) is 0 Å². The van der Waals surface area contributed by atoms with E-state index < -0.39 is 0 Å². The fraction of sp³-hybridized carbons (Fsp3) is 0.324. The third-order valence-corrected chi connectivity index (χ3v) is 20.6. The number of allylic oxidation sites excluding steroid dienone is 6. The maximum atomic E-state index is 2.83. The summed E-state index contributed by atoms with van der Waals surface area (Å²) in [4.78, 5) is 5.66. The first-order chi connectivity index (χ1) is 35.2. The Morgan fingerprint density at radius 1 is 0.459 bits per heavy atom. The predicted octanol–water partition coefficient (Wildman–Crippen LogP) is 17.3. The summed E-state index contributed by atoms with van der Waals surface area (Å²) in [7, 11) is 0. The topological polar surface area (TPSA) is 6.48 Å². The maximum Gasteiger partial charge on any atom is 0.333 e. The van der Waals surface area contributed by atoms with Crippen molar-refractivity contribution in [3.05, 3.63) is 201 Å². The van der Waals surface area contributed by atoms with Gasteiger partial charge in [-0.2, -0.15) is 0 Å². The summed E-state index contributed by atoms with van der Waals surface area (Å²) in [6, 6.07) is 48.9. The molecule has 0 saturated heterocycles. The fourth-order valence-electron chi connectivity index (χ4n) is 16.0. The highest BCUT2D eigenvalue weighted by Crippen LogP contribution is 2.65. The lowest BCUT2D eigenvalue weighted by atomic mass is 9.42. The molecule has 3 heterocycles. The molecule has 1 unspecified atom stereocenters. The van der Waals surface area contributed by atoms with Gasteiger partial charge in [0.25, 0.3) is 0 Å². The van der Waals surface area contributed by atoms with Crippen LogP contribution in [0.15, 0.2) is 151 Å². The summed E-state index contributed by atoms with van der Waals surface area (Å²) in [5, 5.41) is 0. The van der Waals surface area contributed by atoms with Crippen LogP contribution >= 0.6 is 0 Å². The SMILES string of the molecule is CC1(C)CCC(C)(C)c2cc(N3B4c5ccc(-c6ccccc6)cc5N5c6cc7c(cc6C6C=CC=CC8=C6c6c(cc(c4c65)-c4cc5c(cc43)C(C)(C)c3ccccc3-5)C8(C)C)C(C)(C)CCC7(C)C)ccc21. The number of hydrogen-bond acceptors (Lipinski definition) is 2. The molecule has 0 fully saturated rings. The number of nitrogens with zero attached hydrogens (tertiary/aromatic N) is 2. The standard InChI is InChI=1S/C71H69BN2/c1-66(2)30-31-67(3,4)54-35-43(27-28-51(54)66)74-60-39-53-46(44-22-16-18-24-50(44)70(53,9)10)36-47(60)49-38-57-63-62-45(23-17-19-25-52(62)71(57,11)12)48-37-55-56(69(7,8)33-32-68(55,5)6)40-59(48)73-61-34-42(41-20-14-13-15-21-41)26-29-58(61)72(74)64(49)65(63)73/h13-29,34-40,45H,30-33H2,1-12H3. The largest absolute Gasteiger partial charge is 0.376 e. The number of anilines is 5. The Kier molecular flexibility index (Phi) is 8.62. The molecule has 2 nitrogen and oxygen atoms in total. The van der Waals surface area contributed by atoms with E-state index >= 15 is 0 Å². The molecule has 1 atom stereocenters. The van der Waals surface area contributed by atoms with Gasteiger partial charge in [-0.1, -0.05) is 186 Å². The Morgan fingerprint density at radius 3 is 1.86 bits per heavy atom. The molecule has 5 aliphatic carbocycles. The molecule has 3 heteroatoms. The van der Waals surface area contributed by atoms with Crippen molar-refractivity contribution < 1.29 is 0 Å². The minimum Gasteiger partial charge on any atom is -0.376 e. The minimum atomic E-state index is -0.239. The lowest BCUT2D eigenvalue weighted by Gasteiger charge is -2.48.